The van der Waals surface area contributed by atoms with Crippen LogP contribution >= 0.6 is 0 Å². The van der Waals surface area contributed by atoms with Crippen LogP contribution < -0.4 is 10.0 Å². The number of pyridine rings is 1. The van der Waals surface area contributed by atoms with E-state index in [2.05, 4.69) is 20.0 Å². The number of nitrogens with zero attached hydrogens (tertiary/aromatic N) is 2. The fourth-order valence-electron chi connectivity index (χ4n) is 2.47. The molecule has 2 N–H and O–H groups in total. The Morgan fingerprint density at radius 3 is 2.75 bits per heavy atom. The van der Waals surface area contributed by atoms with E-state index in [0.717, 1.165) is 6.42 Å². The lowest BCUT2D eigenvalue weighted by Gasteiger charge is -2.10. The number of aromatic nitrogens is 1. The second-order valence-corrected chi connectivity index (χ2v) is 7.61. The van der Waals surface area contributed by atoms with E-state index in [1.807, 2.05) is 0 Å². The van der Waals surface area contributed by atoms with E-state index in [0.29, 0.717) is 18.8 Å². The Balaban J connectivity index is 1.59. The number of carbonyl (C=O) groups excluding carboxylic acids is 2. The summed E-state index contributed by atoms with van der Waals surface area (Å²) in [4.78, 5) is 31.7. The number of hydrogen-bond acceptors (Lipinski definition) is 7. The summed E-state index contributed by atoms with van der Waals surface area (Å²) in [7, 11) is -3.79. The minimum Gasteiger partial charge on any atom is -0.452 e. The van der Waals surface area contributed by atoms with E-state index in [1.54, 1.807) is 6.07 Å². The van der Waals surface area contributed by atoms with Gasteiger partial charge in [-0.05, 0) is 36.8 Å². The van der Waals surface area contributed by atoms with Crippen LogP contribution in [0.4, 0.5) is 5.69 Å². The summed E-state index contributed by atoms with van der Waals surface area (Å²) in [6.07, 6.45) is 4.23. The Labute approximate surface area is 161 Å². The molecular formula is C18H18N4O5S. The van der Waals surface area contributed by atoms with Crippen molar-refractivity contribution in [3.05, 3.63) is 54.4 Å². The van der Waals surface area contributed by atoms with E-state index in [1.165, 1.54) is 42.7 Å². The van der Waals surface area contributed by atoms with Gasteiger partial charge < -0.3 is 10.1 Å². The van der Waals surface area contributed by atoms with Gasteiger partial charge in [-0.25, -0.2) is 13.2 Å². The van der Waals surface area contributed by atoms with Crippen molar-refractivity contribution in [2.24, 2.45) is 4.99 Å². The average molecular weight is 402 g/mol. The van der Waals surface area contributed by atoms with Gasteiger partial charge >= 0.3 is 5.97 Å². The van der Waals surface area contributed by atoms with Crippen molar-refractivity contribution in [2.45, 2.75) is 17.7 Å². The van der Waals surface area contributed by atoms with Crippen molar-refractivity contribution in [3.8, 4) is 0 Å². The molecule has 2 aromatic rings. The number of amides is 1. The standard InChI is InChI=1S/C18H18N4O5S/c23-17(12-27-18(24)13-4-2-8-19-11-13)21-14-5-1-6-15(10-14)28(25,26)22-16-7-3-9-20-16/h1-2,4-6,8,10-11H,3,7,9,12H2,(H,20,22)(H,21,23). The number of carbonyl (C=O) groups is 2. The molecule has 0 saturated heterocycles. The Morgan fingerprint density at radius 1 is 1.18 bits per heavy atom. The molecule has 0 aliphatic carbocycles. The third-order valence-electron chi connectivity index (χ3n) is 3.79. The maximum atomic E-state index is 12.4. The van der Waals surface area contributed by atoms with Crippen LogP contribution in [0.2, 0.25) is 0 Å². The van der Waals surface area contributed by atoms with Gasteiger partial charge in [0.25, 0.3) is 15.9 Å². The van der Waals surface area contributed by atoms with Crippen molar-refractivity contribution in [2.75, 3.05) is 18.5 Å². The van der Waals surface area contributed by atoms with Gasteiger partial charge in [-0.1, -0.05) is 6.07 Å². The van der Waals surface area contributed by atoms with Crippen LogP contribution in [0.3, 0.4) is 0 Å². The van der Waals surface area contributed by atoms with E-state index < -0.39 is 28.5 Å². The minimum atomic E-state index is -3.79. The number of hydrogen-bond donors (Lipinski definition) is 2. The Kier molecular flexibility index (Phi) is 5.99. The number of aliphatic imine (C=N–C) groups is 1. The summed E-state index contributed by atoms with van der Waals surface area (Å²) in [6, 6.07) is 8.86. The zero-order valence-corrected chi connectivity index (χ0v) is 15.6. The maximum absolute atomic E-state index is 12.4. The topological polar surface area (TPSA) is 127 Å². The highest BCUT2D eigenvalue weighted by molar-refractivity contribution is 7.90. The minimum absolute atomic E-state index is 0.00717. The number of rotatable bonds is 6. The molecule has 28 heavy (non-hydrogen) atoms. The maximum Gasteiger partial charge on any atom is 0.340 e. The van der Waals surface area contributed by atoms with E-state index >= 15 is 0 Å². The molecule has 1 amide bonds. The van der Waals surface area contributed by atoms with Gasteiger partial charge in [0.2, 0.25) is 0 Å². The molecule has 0 radical (unpaired) electrons. The number of sulfonamides is 1. The molecule has 10 heteroatoms. The van der Waals surface area contributed by atoms with Gasteiger partial charge in [0, 0.05) is 31.0 Å². The highest BCUT2D eigenvalue weighted by Gasteiger charge is 2.19. The van der Waals surface area contributed by atoms with Gasteiger partial charge in [-0.15, -0.1) is 0 Å². The number of amidine groups is 1. The van der Waals surface area contributed by atoms with E-state index in [9.17, 15) is 18.0 Å². The molecule has 1 aromatic heterocycles. The smallest absolute Gasteiger partial charge is 0.340 e. The molecule has 1 aliphatic heterocycles. The highest BCUT2D eigenvalue weighted by atomic mass is 32.2. The molecule has 0 bridgehead atoms. The highest BCUT2D eigenvalue weighted by Crippen LogP contribution is 2.16. The quantitative estimate of drug-likeness (QED) is 0.702. The second-order valence-electron chi connectivity index (χ2n) is 5.93. The zero-order chi connectivity index (χ0) is 20.0. The summed E-state index contributed by atoms with van der Waals surface area (Å²) in [6.45, 7) is 0.0888. The first-order valence-electron chi connectivity index (χ1n) is 8.47. The van der Waals surface area contributed by atoms with Crippen LogP contribution in [-0.4, -0.2) is 44.3 Å². The summed E-state index contributed by atoms with van der Waals surface area (Å²) >= 11 is 0. The van der Waals surface area contributed by atoms with Crippen molar-refractivity contribution < 1.29 is 22.7 Å². The van der Waals surface area contributed by atoms with Crippen LogP contribution in [-0.2, 0) is 19.6 Å². The van der Waals surface area contributed by atoms with Gasteiger partial charge in [0.15, 0.2) is 6.61 Å². The van der Waals surface area contributed by atoms with Crippen molar-refractivity contribution in [1.29, 1.82) is 0 Å². The van der Waals surface area contributed by atoms with Gasteiger partial charge in [-0.3, -0.25) is 19.5 Å². The van der Waals surface area contributed by atoms with Crippen LogP contribution in [0.5, 0.6) is 0 Å². The predicted octanol–water partition coefficient (Wildman–Crippen LogP) is 1.35. The van der Waals surface area contributed by atoms with Crippen molar-refractivity contribution in [3.63, 3.8) is 0 Å². The monoisotopic (exact) mass is 402 g/mol. The van der Waals surface area contributed by atoms with E-state index in [-0.39, 0.29) is 16.1 Å². The number of anilines is 1. The molecule has 146 valence electrons. The predicted molar refractivity (Wildman–Crippen MR) is 101 cm³/mol. The first kappa shape index (κ1) is 19.5. The molecule has 0 fully saturated rings. The Hall–Kier alpha value is -3.27. The molecule has 1 aromatic carbocycles. The van der Waals surface area contributed by atoms with E-state index in [4.69, 9.17) is 4.74 Å². The first-order chi connectivity index (χ1) is 13.4. The molecule has 0 spiro atoms. The lowest BCUT2D eigenvalue weighted by atomic mass is 10.3. The van der Waals surface area contributed by atoms with Gasteiger partial charge in [0.1, 0.15) is 5.84 Å². The lowest BCUT2D eigenvalue weighted by Crippen LogP contribution is -2.29. The van der Waals surface area contributed by atoms with Crippen LogP contribution in [0.1, 0.15) is 23.2 Å². The molecule has 0 saturated carbocycles. The van der Waals surface area contributed by atoms with Gasteiger partial charge in [0.05, 0.1) is 10.5 Å². The third-order valence-corrected chi connectivity index (χ3v) is 5.17. The second kappa shape index (κ2) is 8.61. The van der Waals surface area contributed by atoms with Crippen LogP contribution in [0.15, 0.2) is 58.7 Å². The molecule has 2 heterocycles. The van der Waals surface area contributed by atoms with Crippen molar-refractivity contribution >= 4 is 33.4 Å². The molecule has 1 aliphatic rings. The molecule has 0 atom stereocenters. The Bertz CT molecular complexity index is 1010. The largest absolute Gasteiger partial charge is 0.452 e. The summed E-state index contributed by atoms with van der Waals surface area (Å²) in [5, 5.41) is 2.50. The fraction of sp³-hybridized carbons (Fsp3) is 0.222. The number of benzene rings is 1. The lowest BCUT2D eigenvalue weighted by molar-refractivity contribution is -0.119. The average Bonchev–Trinajstić information content (AvgIpc) is 3.19. The molecule has 0 unspecified atom stereocenters. The first-order valence-corrected chi connectivity index (χ1v) is 9.95. The normalized spacial score (nSPS) is 13.5. The molecule has 9 nitrogen and oxygen atoms in total. The van der Waals surface area contributed by atoms with Crippen molar-refractivity contribution in [1.82, 2.24) is 9.71 Å². The summed E-state index contributed by atoms with van der Waals surface area (Å²) in [5.74, 6) is -0.849. The van der Waals surface area contributed by atoms with Crippen LogP contribution in [0, 0.1) is 0 Å². The SMILES string of the molecule is O=C(COC(=O)c1cccnc1)Nc1cccc(S(=O)(=O)NC2=NCCC2)c1. The van der Waals surface area contributed by atoms with Crippen LogP contribution in [0.25, 0.3) is 0 Å². The molecular weight excluding hydrogens is 384 g/mol. The third kappa shape index (κ3) is 5.13. The fourth-order valence-corrected chi connectivity index (χ4v) is 3.61. The molecule has 3 rings (SSSR count). The van der Waals surface area contributed by atoms with Gasteiger partial charge in [-0.2, -0.15) is 0 Å². The Morgan fingerprint density at radius 2 is 2.04 bits per heavy atom. The number of nitrogens with one attached hydrogen (secondary N) is 2. The zero-order valence-electron chi connectivity index (χ0n) is 14.8. The summed E-state index contributed by atoms with van der Waals surface area (Å²) in [5.41, 5.74) is 0.489. The number of ether oxygens (including phenoxy) is 1. The summed E-state index contributed by atoms with van der Waals surface area (Å²) < 4.78 is 32.2. The number of esters is 1.